The quantitative estimate of drug-likeness (QED) is 0.834. The summed E-state index contributed by atoms with van der Waals surface area (Å²) in [6.07, 6.45) is 6.81. The topological polar surface area (TPSA) is 56.1 Å². The van der Waals surface area contributed by atoms with Crippen LogP contribution in [0.2, 0.25) is 0 Å². The molecule has 0 spiro atoms. The largest absolute Gasteiger partial charge is 0.494 e. The number of nitrogens with one attached hydrogen (secondary N) is 1. The Morgan fingerprint density at radius 3 is 2.73 bits per heavy atom. The van der Waals surface area contributed by atoms with Gasteiger partial charge in [-0.25, -0.2) is 0 Å². The third kappa shape index (κ3) is 4.48. The van der Waals surface area contributed by atoms with Crippen molar-refractivity contribution in [3.8, 4) is 5.75 Å². The first-order valence-corrected chi connectivity index (χ1v) is 7.28. The summed E-state index contributed by atoms with van der Waals surface area (Å²) in [5, 5.41) is 6.98. The lowest BCUT2D eigenvalue weighted by Crippen LogP contribution is -2.24. The molecule has 1 heterocycles. The maximum Gasteiger partial charge on any atom is 0.244 e. The molecular weight excluding hydrogens is 278 g/mol. The van der Waals surface area contributed by atoms with Gasteiger partial charge in [0.2, 0.25) is 5.91 Å². The van der Waals surface area contributed by atoms with Crippen molar-refractivity contribution >= 4 is 12.0 Å². The molecule has 5 heteroatoms. The normalized spacial score (nSPS) is 12.3. The van der Waals surface area contributed by atoms with Crippen molar-refractivity contribution in [3.05, 3.63) is 53.9 Å². The van der Waals surface area contributed by atoms with Crippen LogP contribution in [0.4, 0.5) is 0 Å². The molecule has 0 saturated heterocycles. The molecule has 1 aromatic carbocycles. The molecule has 5 nitrogen and oxygen atoms in total. The second-order valence-corrected chi connectivity index (χ2v) is 5.01. The van der Waals surface area contributed by atoms with Gasteiger partial charge in [0.15, 0.2) is 0 Å². The molecule has 116 valence electrons. The van der Waals surface area contributed by atoms with Crippen LogP contribution in [-0.2, 0) is 11.8 Å². The van der Waals surface area contributed by atoms with Crippen molar-refractivity contribution in [2.75, 3.05) is 6.61 Å². The van der Waals surface area contributed by atoms with Crippen molar-refractivity contribution in [3.63, 3.8) is 0 Å². The number of aromatic nitrogens is 2. The third-order valence-corrected chi connectivity index (χ3v) is 3.20. The molecule has 0 aliphatic carbocycles. The number of carbonyl (C=O) groups excluding carboxylic acids is 1. The predicted molar refractivity (Wildman–Crippen MR) is 86.4 cm³/mol. The summed E-state index contributed by atoms with van der Waals surface area (Å²) in [4.78, 5) is 11.9. The van der Waals surface area contributed by atoms with Crippen LogP contribution in [0.3, 0.4) is 0 Å². The van der Waals surface area contributed by atoms with Gasteiger partial charge in [-0.1, -0.05) is 12.1 Å². The van der Waals surface area contributed by atoms with E-state index < -0.39 is 0 Å². The molecule has 1 amide bonds. The van der Waals surface area contributed by atoms with Gasteiger partial charge in [-0.2, -0.15) is 5.10 Å². The van der Waals surface area contributed by atoms with E-state index in [0.29, 0.717) is 6.61 Å². The molecule has 0 saturated carbocycles. The molecule has 0 aliphatic rings. The number of hydrogen-bond donors (Lipinski definition) is 1. The predicted octanol–water partition coefficient (Wildman–Crippen LogP) is 2.71. The number of benzene rings is 1. The average Bonchev–Trinajstić information content (AvgIpc) is 2.92. The summed E-state index contributed by atoms with van der Waals surface area (Å²) in [5.74, 6) is 0.700. The summed E-state index contributed by atoms with van der Waals surface area (Å²) in [6.45, 7) is 4.54. The van der Waals surface area contributed by atoms with Gasteiger partial charge in [0.25, 0.3) is 0 Å². The van der Waals surface area contributed by atoms with E-state index in [9.17, 15) is 4.79 Å². The minimum absolute atomic E-state index is 0.0678. The smallest absolute Gasteiger partial charge is 0.244 e. The number of aryl methyl sites for hydroxylation is 1. The molecule has 0 fully saturated rings. The maximum atomic E-state index is 11.9. The first-order chi connectivity index (χ1) is 10.6. The summed E-state index contributed by atoms with van der Waals surface area (Å²) in [6, 6.07) is 7.67. The van der Waals surface area contributed by atoms with Gasteiger partial charge >= 0.3 is 0 Å². The monoisotopic (exact) mass is 299 g/mol. The van der Waals surface area contributed by atoms with E-state index in [0.717, 1.165) is 16.9 Å². The van der Waals surface area contributed by atoms with E-state index in [1.54, 1.807) is 17.0 Å². The number of carbonyl (C=O) groups is 1. The standard InChI is InChI=1S/C17H21N3O2/c1-4-22-16-8-6-15(7-9-16)13(2)19-17(21)10-5-14-11-18-20(3)12-14/h5-13H,4H2,1-3H3,(H,19,21)/b10-5+. The maximum absolute atomic E-state index is 11.9. The van der Waals surface area contributed by atoms with E-state index in [-0.39, 0.29) is 11.9 Å². The highest BCUT2D eigenvalue weighted by Crippen LogP contribution is 2.17. The van der Waals surface area contributed by atoms with Crippen LogP contribution in [0.1, 0.15) is 31.0 Å². The number of nitrogens with zero attached hydrogens (tertiary/aromatic N) is 2. The number of amides is 1. The highest BCUT2D eigenvalue weighted by molar-refractivity contribution is 5.91. The van der Waals surface area contributed by atoms with Gasteiger partial charge < -0.3 is 10.1 Å². The van der Waals surface area contributed by atoms with Crippen LogP contribution in [0.25, 0.3) is 6.08 Å². The van der Waals surface area contributed by atoms with E-state index in [2.05, 4.69) is 10.4 Å². The zero-order chi connectivity index (χ0) is 15.9. The van der Waals surface area contributed by atoms with Crippen LogP contribution in [0.5, 0.6) is 5.75 Å². The lowest BCUT2D eigenvalue weighted by molar-refractivity contribution is -0.117. The van der Waals surface area contributed by atoms with Crippen LogP contribution >= 0.6 is 0 Å². The van der Waals surface area contributed by atoms with Crippen molar-refractivity contribution in [1.82, 2.24) is 15.1 Å². The molecule has 1 N–H and O–H groups in total. The second-order valence-electron chi connectivity index (χ2n) is 5.01. The first-order valence-electron chi connectivity index (χ1n) is 7.28. The Bertz CT molecular complexity index is 644. The molecule has 0 bridgehead atoms. The Labute approximate surface area is 130 Å². The summed E-state index contributed by atoms with van der Waals surface area (Å²) in [7, 11) is 1.84. The highest BCUT2D eigenvalue weighted by atomic mass is 16.5. The number of rotatable bonds is 6. The van der Waals surface area contributed by atoms with E-state index in [4.69, 9.17) is 4.74 Å². The van der Waals surface area contributed by atoms with Gasteiger partial charge in [-0.05, 0) is 37.6 Å². The van der Waals surface area contributed by atoms with Gasteiger partial charge in [0.05, 0.1) is 18.8 Å². The van der Waals surface area contributed by atoms with Crippen molar-refractivity contribution < 1.29 is 9.53 Å². The molecule has 1 aromatic heterocycles. The molecular formula is C17H21N3O2. The van der Waals surface area contributed by atoms with E-state index in [1.165, 1.54) is 6.08 Å². The third-order valence-electron chi connectivity index (χ3n) is 3.20. The second kappa shape index (κ2) is 7.45. The average molecular weight is 299 g/mol. The van der Waals surface area contributed by atoms with E-state index >= 15 is 0 Å². The molecule has 22 heavy (non-hydrogen) atoms. The van der Waals surface area contributed by atoms with Crippen LogP contribution < -0.4 is 10.1 Å². The Balaban J connectivity index is 1.91. The lowest BCUT2D eigenvalue weighted by atomic mass is 10.1. The highest BCUT2D eigenvalue weighted by Gasteiger charge is 2.07. The van der Waals surface area contributed by atoms with Gasteiger partial charge in [0, 0.05) is 24.9 Å². The fourth-order valence-corrected chi connectivity index (χ4v) is 2.06. The number of hydrogen-bond acceptors (Lipinski definition) is 3. The molecule has 0 aliphatic heterocycles. The molecule has 2 aromatic rings. The van der Waals surface area contributed by atoms with Crippen LogP contribution in [0.15, 0.2) is 42.7 Å². The van der Waals surface area contributed by atoms with Gasteiger partial charge in [-0.15, -0.1) is 0 Å². The van der Waals surface area contributed by atoms with Crippen molar-refractivity contribution in [2.45, 2.75) is 19.9 Å². The lowest BCUT2D eigenvalue weighted by Gasteiger charge is -2.13. The molecule has 2 rings (SSSR count). The Hall–Kier alpha value is -2.56. The summed E-state index contributed by atoms with van der Waals surface area (Å²) < 4.78 is 7.10. The summed E-state index contributed by atoms with van der Waals surface area (Å²) in [5.41, 5.74) is 1.93. The minimum atomic E-state index is -0.134. The van der Waals surface area contributed by atoms with Crippen molar-refractivity contribution in [1.29, 1.82) is 0 Å². The Morgan fingerprint density at radius 2 is 2.14 bits per heavy atom. The van der Waals surface area contributed by atoms with Crippen LogP contribution in [-0.4, -0.2) is 22.3 Å². The Kier molecular flexibility index (Phi) is 5.36. The fourth-order valence-electron chi connectivity index (χ4n) is 2.06. The van der Waals surface area contributed by atoms with Crippen LogP contribution in [0, 0.1) is 0 Å². The van der Waals surface area contributed by atoms with E-state index in [1.807, 2.05) is 51.4 Å². The minimum Gasteiger partial charge on any atom is -0.494 e. The number of ether oxygens (including phenoxy) is 1. The Morgan fingerprint density at radius 1 is 1.41 bits per heavy atom. The first kappa shape index (κ1) is 15.8. The summed E-state index contributed by atoms with van der Waals surface area (Å²) >= 11 is 0. The van der Waals surface area contributed by atoms with Gasteiger partial charge in [0.1, 0.15) is 5.75 Å². The van der Waals surface area contributed by atoms with Gasteiger partial charge in [-0.3, -0.25) is 9.48 Å². The fraction of sp³-hybridized carbons (Fsp3) is 0.294. The molecule has 1 atom stereocenters. The SMILES string of the molecule is CCOc1ccc(C(C)NC(=O)/C=C/c2cnn(C)c2)cc1. The zero-order valence-electron chi connectivity index (χ0n) is 13.1. The van der Waals surface area contributed by atoms with Crippen molar-refractivity contribution in [2.24, 2.45) is 7.05 Å². The molecule has 0 radical (unpaired) electrons. The zero-order valence-corrected chi connectivity index (χ0v) is 13.1. The molecule has 1 unspecified atom stereocenters.